The predicted octanol–water partition coefficient (Wildman–Crippen LogP) is 4.26. The highest BCUT2D eigenvalue weighted by molar-refractivity contribution is 5.89. The SMILES string of the molecule is CN(Cc1noc(C2CCC2)n1)C(=O)Nc1cccc(-c2ccco2)c1. The number of nitrogens with one attached hydrogen (secondary N) is 1. The van der Waals surface area contributed by atoms with Crippen molar-refractivity contribution in [2.45, 2.75) is 31.7 Å². The first-order chi connectivity index (χ1) is 12.7. The molecule has 1 aliphatic rings. The zero-order valence-electron chi connectivity index (χ0n) is 14.5. The number of benzene rings is 1. The van der Waals surface area contributed by atoms with Gasteiger partial charge in [0, 0.05) is 24.2 Å². The second-order valence-electron chi connectivity index (χ2n) is 6.52. The Kier molecular flexibility index (Phi) is 4.43. The van der Waals surface area contributed by atoms with Gasteiger partial charge in [-0.05, 0) is 37.1 Å². The first-order valence-corrected chi connectivity index (χ1v) is 8.67. The molecule has 0 saturated heterocycles. The zero-order valence-corrected chi connectivity index (χ0v) is 14.5. The van der Waals surface area contributed by atoms with Gasteiger partial charge < -0.3 is 19.2 Å². The molecule has 26 heavy (non-hydrogen) atoms. The fourth-order valence-corrected chi connectivity index (χ4v) is 2.85. The number of amides is 2. The molecule has 1 N–H and O–H groups in total. The van der Waals surface area contributed by atoms with Gasteiger partial charge in [-0.25, -0.2) is 4.79 Å². The number of carbonyl (C=O) groups excluding carboxylic acids is 1. The molecule has 1 fully saturated rings. The van der Waals surface area contributed by atoms with E-state index >= 15 is 0 Å². The largest absolute Gasteiger partial charge is 0.464 e. The molecule has 4 rings (SSSR count). The van der Waals surface area contributed by atoms with Gasteiger partial charge >= 0.3 is 6.03 Å². The number of hydrogen-bond donors (Lipinski definition) is 1. The van der Waals surface area contributed by atoms with Gasteiger partial charge in [0.1, 0.15) is 5.76 Å². The molecule has 134 valence electrons. The van der Waals surface area contributed by atoms with E-state index in [9.17, 15) is 4.79 Å². The van der Waals surface area contributed by atoms with Crippen LogP contribution in [-0.2, 0) is 6.54 Å². The molecule has 2 amide bonds. The number of carbonyl (C=O) groups is 1. The maximum atomic E-state index is 12.4. The summed E-state index contributed by atoms with van der Waals surface area (Å²) in [6, 6.07) is 11.0. The highest BCUT2D eigenvalue weighted by Crippen LogP contribution is 2.35. The van der Waals surface area contributed by atoms with Crippen LogP contribution in [0.5, 0.6) is 0 Å². The Bertz CT molecular complexity index is 884. The molecule has 0 radical (unpaired) electrons. The first kappa shape index (κ1) is 16.4. The summed E-state index contributed by atoms with van der Waals surface area (Å²) in [6.07, 6.45) is 5.03. The van der Waals surface area contributed by atoms with E-state index in [1.165, 1.54) is 11.3 Å². The predicted molar refractivity (Wildman–Crippen MR) is 95.5 cm³/mol. The van der Waals surface area contributed by atoms with E-state index in [0.717, 1.165) is 24.2 Å². The van der Waals surface area contributed by atoms with Crippen LogP contribution in [0.2, 0.25) is 0 Å². The second kappa shape index (κ2) is 7.03. The zero-order chi connectivity index (χ0) is 17.9. The molecule has 0 atom stereocenters. The monoisotopic (exact) mass is 352 g/mol. The van der Waals surface area contributed by atoms with Gasteiger partial charge in [-0.3, -0.25) is 0 Å². The van der Waals surface area contributed by atoms with Gasteiger partial charge in [0.25, 0.3) is 0 Å². The van der Waals surface area contributed by atoms with Crippen LogP contribution < -0.4 is 5.32 Å². The highest BCUT2D eigenvalue weighted by Gasteiger charge is 2.25. The molecule has 0 unspecified atom stereocenters. The van der Waals surface area contributed by atoms with E-state index in [1.54, 1.807) is 13.3 Å². The lowest BCUT2D eigenvalue weighted by Crippen LogP contribution is -2.31. The maximum absolute atomic E-state index is 12.4. The Morgan fingerprint density at radius 2 is 2.19 bits per heavy atom. The van der Waals surface area contributed by atoms with Gasteiger partial charge in [0.2, 0.25) is 5.89 Å². The van der Waals surface area contributed by atoms with Gasteiger partial charge in [-0.15, -0.1) is 0 Å². The number of nitrogens with zero attached hydrogens (tertiary/aromatic N) is 3. The lowest BCUT2D eigenvalue weighted by molar-refractivity contribution is 0.219. The quantitative estimate of drug-likeness (QED) is 0.741. The Hall–Kier alpha value is -3.09. The number of aromatic nitrogens is 2. The lowest BCUT2D eigenvalue weighted by Gasteiger charge is -2.20. The highest BCUT2D eigenvalue weighted by atomic mass is 16.5. The molecular formula is C19H20N4O3. The molecule has 0 aliphatic heterocycles. The van der Waals surface area contributed by atoms with Crippen molar-refractivity contribution in [1.29, 1.82) is 0 Å². The molecule has 2 heterocycles. The minimum absolute atomic E-state index is 0.239. The van der Waals surface area contributed by atoms with Crippen LogP contribution in [0, 0.1) is 0 Å². The molecule has 1 aliphatic carbocycles. The van der Waals surface area contributed by atoms with Gasteiger partial charge in [-0.1, -0.05) is 23.7 Å². The smallest absolute Gasteiger partial charge is 0.321 e. The second-order valence-corrected chi connectivity index (χ2v) is 6.52. The van der Waals surface area contributed by atoms with Crippen LogP contribution in [-0.4, -0.2) is 28.1 Å². The minimum atomic E-state index is -0.239. The summed E-state index contributed by atoms with van der Waals surface area (Å²) in [6.45, 7) is 0.292. The molecule has 7 nitrogen and oxygen atoms in total. The van der Waals surface area contributed by atoms with Gasteiger partial charge in [0.15, 0.2) is 5.82 Å². The van der Waals surface area contributed by atoms with Crippen LogP contribution in [0.4, 0.5) is 10.5 Å². The summed E-state index contributed by atoms with van der Waals surface area (Å²) in [4.78, 5) is 18.3. The van der Waals surface area contributed by atoms with Crippen molar-refractivity contribution in [2.75, 3.05) is 12.4 Å². The molecule has 0 spiro atoms. The van der Waals surface area contributed by atoms with E-state index in [4.69, 9.17) is 8.94 Å². The molecule has 3 aromatic rings. The third-order valence-electron chi connectivity index (χ3n) is 4.58. The van der Waals surface area contributed by atoms with Crippen molar-refractivity contribution in [2.24, 2.45) is 0 Å². The van der Waals surface area contributed by atoms with E-state index < -0.39 is 0 Å². The van der Waals surface area contributed by atoms with Crippen molar-refractivity contribution < 1.29 is 13.7 Å². The van der Waals surface area contributed by atoms with E-state index in [-0.39, 0.29) is 6.03 Å². The summed E-state index contributed by atoms with van der Waals surface area (Å²) in [5.74, 6) is 2.35. The standard InChI is InChI=1S/C19H20N4O3/c1-23(12-17-21-18(26-22-17)13-5-2-6-13)19(24)20-15-8-3-7-14(11-15)16-9-4-10-25-16/h3-4,7-11,13H,2,5-6,12H2,1H3,(H,20,24). The minimum Gasteiger partial charge on any atom is -0.464 e. The van der Waals surface area contributed by atoms with Crippen LogP contribution in [0.25, 0.3) is 11.3 Å². The van der Waals surface area contributed by atoms with Crippen LogP contribution in [0.15, 0.2) is 51.6 Å². The maximum Gasteiger partial charge on any atom is 0.321 e. The fraction of sp³-hybridized carbons (Fsp3) is 0.316. The number of rotatable bonds is 5. The van der Waals surface area contributed by atoms with Crippen molar-refractivity contribution in [1.82, 2.24) is 15.0 Å². The summed E-state index contributed by atoms with van der Waals surface area (Å²) in [7, 11) is 1.70. The Balaban J connectivity index is 1.38. The molecular weight excluding hydrogens is 332 g/mol. The summed E-state index contributed by atoms with van der Waals surface area (Å²) in [5.41, 5.74) is 1.60. The summed E-state index contributed by atoms with van der Waals surface area (Å²) < 4.78 is 10.7. The van der Waals surface area contributed by atoms with E-state index in [0.29, 0.717) is 29.9 Å². The number of hydrogen-bond acceptors (Lipinski definition) is 5. The van der Waals surface area contributed by atoms with Crippen molar-refractivity contribution >= 4 is 11.7 Å². The molecule has 0 bridgehead atoms. The first-order valence-electron chi connectivity index (χ1n) is 8.67. The average Bonchev–Trinajstić information content (AvgIpc) is 3.26. The van der Waals surface area contributed by atoms with Gasteiger partial charge in [-0.2, -0.15) is 4.98 Å². The third kappa shape index (κ3) is 3.46. The summed E-state index contributed by atoms with van der Waals surface area (Å²) >= 11 is 0. The number of anilines is 1. The average molecular weight is 352 g/mol. The van der Waals surface area contributed by atoms with Crippen molar-refractivity contribution in [3.8, 4) is 11.3 Å². The van der Waals surface area contributed by atoms with E-state index in [2.05, 4.69) is 15.5 Å². The third-order valence-corrected chi connectivity index (χ3v) is 4.58. The van der Waals surface area contributed by atoms with Crippen LogP contribution >= 0.6 is 0 Å². The van der Waals surface area contributed by atoms with Crippen molar-refractivity contribution in [3.05, 3.63) is 54.4 Å². The molecule has 1 aromatic carbocycles. The Morgan fingerprint density at radius 1 is 1.31 bits per heavy atom. The molecule has 2 aromatic heterocycles. The summed E-state index contributed by atoms with van der Waals surface area (Å²) in [5, 5.41) is 6.85. The van der Waals surface area contributed by atoms with Crippen LogP contribution in [0.1, 0.15) is 36.9 Å². The van der Waals surface area contributed by atoms with Crippen LogP contribution in [0.3, 0.4) is 0 Å². The Labute approximate surface area is 151 Å². The normalized spacial score (nSPS) is 14.0. The number of furan rings is 1. The fourth-order valence-electron chi connectivity index (χ4n) is 2.85. The Morgan fingerprint density at radius 3 is 2.92 bits per heavy atom. The lowest BCUT2D eigenvalue weighted by atomic mass is 9.85. The van der Waals surface area contributed by atoms with Gasteiger partial charge in [0.05, 0.1) is 12.8 Å². The van der Waals surface area contributed by atoms with E-state index in [1.807, 2.05) is 36.4 Å². The molecule has 1 saturated carbocycles. The molecule has 7 heteroatoms. The number of urea groups is 1. The topological polar surface area (TPSA) is 84.4 Å². The van der Waals surface area contributed by atoms with Crippen molar-refractivity contribution in [3.63, 3.8) is 0 Å².